The Balaban J connectivity index is 2.27. The quantitative estimate of drug-likeness (QED) is 0.417. The van der Waals surface area contributed by atoms with Gasteiger partial charge in [0.15, 0.2) is 0 Å². The summed E-state index contributed by atoms with van der Waals surface area (Å²) in [5.74, 6) is -1.19. The van der Waals surface area contributed by atoms with E-state index in [0.717, 1.165) is 16.7 Å². The summed E-state index contributed by atoms with van der Waals surface area (Å²) in [5.41, 5.74) is 2.72. The standard InChI is InChI=1S/C17H15N3O4/c1-3-24-17(21)15-16(20(22)23)19-10-13(11(2)9-14(19)18-15)12-7-5-4-6-8-12/h4-10H,3H2,1-2H3. The summed E-state index contributed by atoms with van der Waals surface area (Å²) in [6.45, 7) is 3.65. The van der Waals surface area contributed by atoms with Crippen molar-refractivity contribution < 1.29 is 14.5 Å². The third-order valence-electron chi connectivity index (χ3n) is 3.67. The van der Waals surface area contributed by atoms with Crippen LogP contribution in [0.15, 0.2) is 42.6 Å². The molecule has 0 N–H and O–H groups in total. The number of ether oxygens (including phenoxy) is 1. The number of hydrogen-bond acceptors (Lipinski definition) is 5. The van der Waals surface area contributed by atoms with Crippen LogP contribution in [0.2, 0.25) is 0 Å². The van der Waals surface area contributed by atoms with Crippen molar-refractivity contribution >= 4 is 17.4 Å². The fraction of sp³-hybridized carbons (Fsp3) is 0.176. The summed E-state index contributed by atoms with van der Waals surface area (Å²) in [6.07, 6.45) is 1.63. The molecule has 0 atom stereocenters. The van der Waals surface area contributed by atoms with Crippen molar-refractivity contribution in [2.75, 3.05) is 6.61 Å². The molecule has 0 spiro atoms. The SMILES string of the molecule is CCOC(=O)c1nc2cc(C)c(-c3ccccc3)cn2c1[N+](=O)[O-]. The molecule has 7 nitrogen and oxygen atoms in total. The second-order valence-corrected chi connectivity index (χ2v) is 5.23. The van der Waals surface area contributed by atoms with E-state index in [1.54, 1.807) is 19.2 Å². The van der Waals surface area contributed by atoms with Crippen LogP contribution in [-0.2, 0) is 4.74 Å². The van der Waals surface area contributed by atoms with Crippen molar-refractivity contribution in [1.82, 2.24) is 9.38 Å². The number of nitrogens with zero attached hydrogens (tertiary/aromatic N) is 3. The lowest BCUT2D eigenvalue weighted by Gasteiger charge is -2.05. The van der Waals surface area contributed by atoms with Crippen LogP contribution in [0, 0.1) is 17.0 Å². The molecule has 0 fully saturated rings. The van der Waals surface area contributed by atoms with E-state index in [-0.39, 0.29) is 18.1 Å². The van der Waals surface area contributed by atoms with Crippen molar-refractivity contribution in [3.8, 4) is 11.1 Å². The zero-order valence-electron chi connectivity index (χ0n) is 13.2. The lowest BCUT2D eigenvalue weighted by atomic mass is 10.0. The van der Waals surface area contributed by atoms with E-state index in [1.165, 1.54) is 4.40 Å². The van der Waals surface area contributed by atoms with Gasteiger partial charge in [-0.3, -0.25) is 0 Å². The number of benzene rings is 1. The summed E-state index contributed by atoms with van der Waals surface area (Å²) in [4.78, 5) is 26.9. The molecule has 0 unspecified atom stereocenters. The number of carbonyl (C=O) groups is 1. The molecule has 3 aromatic rings. The van der Waals surface area contributed by atoms with Crippen LogP contribution in [0.4, 0.5) is 5.82 Å². The minimum atomic E-state index is -0.799. The molecule has 0 amide bonds. The monoisotopic (exact) mass is 325 g/mol. The Hall–Kier alpha value is -3.22. The van der Waals surface area contributed by atoms with Gasteiger partial charge < -0.3 is 14.9 Å². The smallest absolute Gasteiger partial charge is 0.365 e. The molecule has 7 heteroatoms. The minimum Gasteiger partial charge on any atom is -0.461 e. The summed E-state index contributed by atoms with van der Waals surface area (Å²) >= 11 is 0. The number of nitro groups is 1. The highest BCUT2D eigenvalue weighted by Crippen LogP contribution is 2.28. The highest BCUT2D eigenvalue weighted by Gasteiger charge is 2.29. The number of imidazole rings is 1. The van der Waals surface area contributed by atoms with Gasteiger partial charge in [0.05, 0.1) is 6.61 Å². The van der Waals surface area contributed by atoms with Crippen LogP contribution >= 0.6 is 0 Å². The predicted molar refractivity (Wildman–Crippen MR) is 88.0 cm³/mol. The van der Waals surface area contributed by atoms with Gasteiger partial charge in [-0.1, -0.05) is 30.3 Å². The molecule has 3 rings (SSSR count). The summed E-state index contributed by atoms with van der Waals surface area (Å²) in [6, 6.07) is 11.2. The fourth-order valence-electron chi connectivity index (χ4n) is 2.60. The molecular weight excluding hydrogens is 310 g/mol. The van der Waals surface area contributed by atoms with Crippen molar-refractivity contribution in [1.29, 1.82) is 0 Å². The molecule has 122 valence electrons. The second kappa shape index (κ2) is 6.11. The third-order valence-corrected chi connectivity index (χ3v) is 3.67. The maximum absolute atomic E-state index is 12.0. The van der Waals surface area contributed by atoms with Gasteiger partial charge in [0.2, 0.25) is 11.3 Å². The predicted octanol–water partition coefficient (Wildman–Crippen LogP) is 3.39. The van der Waals surface area contributed by atoms with Gasteiger partial charge in [0.1, 0.15) is 6.20 Å². The van der Waals surface area contributed by atoms with E-state index in [2.05, 4.69) is 4.98 Å². The molecule has 0 saturated heterocycles. The van der Waals surface area contributed by atoms with E-state index in [4.69, 9.17) is 4.74 Å². The van der Waals surface area contributed by atoms with Gasteiger partial charge in [0, 0.05) is 11.6 Å². The molecule has 0 bridgehead atoms. The Morgan fingerprint density at radius 3 is 2.67 bits per heavy atom. The van der Waals surface area contributed by atoms with Gasteiger partial charge in [-0.15, -0.1) is 0 Å². The van der Waals surface area contributed by atoms with Gasteiger partial charge in [-0.25, -0.2) is 4.79 Å². The number of fused-ring (bicyclic) bond motifs is 1. The van der Waals surface area contributed by atoms with E-state index in [0.29, 0.717) is 5.65 Å². The Kier molecular flexibility index (Phi) is 3.99. The number of hydrogen-bond donors (Lipinski definition) is 0. The van der Waals surface area contributed by atoms with Crippen molar-refractivity contribution in [2.24, 2.45) is 0 Å². The maximum Gasteiger partial charge on any atom is 0.365 e. The van der Waals surface area contributed by atoms with Crippen LogP contribution in [0.5, 0.6) is 0 Å². The van der Waals surface area contributed by atoms with Gasteiger partial charge in [-0.2, -0.15) is 9.38 Å². The molecule has 2 heterocycles. The highest BCUT2D eigenvalue weighted by atomic mass is 16.6. The van der Waals surface area contributed by atoms with Crippen LogP contribution in [0.3, 0.4) is 0 Å². The average Bonchev–Trinajstić information content (AvgIpc) is 2.93. The van der Waals surface area contributed by atoms with E-state index in [9.17, 15) is 14.9 Å². The Morgan fingerprint density at radius 1 is 1.33 bits per heavy atom. The van der Waals surface area contributed by atoms with Gasteiger partial charge >= 0.3 is 11.8 Å². The average molecular weight is 325 g/mol. The lowest BCUT2D eigenvalue weighted by Crippen LogP contribution is -2.08. The van der Waals surface area contributed by atoms with Gasteiger partial charge in [0.25, 0.3) is 0 Å². The molecule has 0 aliphatic carbocycles. The van der Waals surface area contributed by atoms with Crippen LogP contribution < -0.4 is 0 Å². The molecule has 0 aliphatic heterocycles. The number of aromatic nitrogens is 2. The number of aryl methyl sites for hydroxylation is 1. The van der Waals surface area contributed by atoms with Crippen molar-refractivity contribution in [2.45, 2.75) is 13.8 Å². The molecule has 2 aromatic heterocycles. The number of carbonyl (C=O) groups excluding carboxylic acids is 1. The largest absolute Gasteiger partial charge is 0.461 e. The molecule has 0 radical (unpaired) electrons. The number of pyridine rings is 1. The summed E-state index contributed by atoms with van der Waals surface area (Å²) < 4.78 is 6.20. The zero-order valence-corrected chi connectivity index (χ0v) is 13.2. The summed E-state index contributed by atoms with van der Waals surface area (Å²) in [5, 5.41) is 11.5. The first-order chi connectivity index (χ1) is 11.5. The third kappa shape index (κ3) is 2.60. The van der Waals surface area contributed by atoms with Crippen molar-refractivity contribution in [3.63, 3.8) is 0 Å². The topological polar surface area (TPSA) is 86.7 Å². The first-order valence-electron chi connectivity index (χ1n) is 7.42. The van der Waals surface area contributed by atoms with Gasteiger partial charge in [-0.05, 0) is 29.9 Å². The molecule has 0 saturated carbocycles. The number of esters is 1. The van der Waals surface area contributed by atoms with Crippen LogP contribution in [-0.4, -0.2) is 26.9 Å². The normalized spacial score (nSPS) is 10.8. The number of rotatable bonds is 4. The first kappa shape index (κ1) is 15.7. The first-order valence-corrected chi connectivity index (χ1v) is 7.42. The van der Waals surface area contributed by atoms with Crippen molar-refractivity contribution in [3.05, 3.63) is 64.0 Å². The fourth-order valence-corrected chi connectivity index (χ4v) is 2.60. The van der Waals surface area contributed by atoms with E-state index < -0.39 is 10.9 Å². The van der Waals surface area contributed by atoms with E-state index >= 15 is 0 Å². The van der Waals surface area contributed by atoms with Crippen LogP contribution in [0.1, 0.15) is 23.0 Å². The Bertz CT molecular complexity index is 932. The highest BCUT2D eigenvalue weighted by molar-refractivity contribution is 5.92. The minimum absolute atomic E-state index is 0.123. The zero-order chi connectivity index (χ0) is 17.3. The molecular formula is C17H15N3O4. The summed E-state index contributed by atoms with van der Waals surface area (Å²) in [7, 11) is 0. The lowest BCUT2D eigenvalue weighted by molar-refractivity contribution is -0.390. The Labute approximate surface area is 137 Å². The molecule has 24 heavy (non-hydrogen) atoms. The second-order valence-electron chi connectivity index (χ2n) is 5.23. The van der Waals surface area contributed by atoms with Crippen LogP contribution in [0.25, 0.3) is 16.8 Å². The molecule has 1 aromatic carbocycles. The van der Waals surface area contributed by atoms with E-state index in [1.807, 2.05) is 37.3 Å². The Morgan fingerprint density at radius 2 is 2.04 bits per heavy atom. The molecule has 0 aliphatic rings. The maximum atomic E-state index is 12.0.